The number of fused-ring (bicyclic) bond motifs is 1. The molecule has 1 atom stereocenters. The van der Waals surface area contributed by atoms with Crippen LogP contribution in [0.5, 0.6) is 0 Å². The molecule has 0 fully saturated rings. The first-order chi connectivity index (χ1) is 8.75. The molecule has 1 N–H and O–H groups in total. The third-order valence-electron chi connectivity index (χ3n) is 3.64. The zero-order valence-corrected chi connectivity index (χ0v) is 11.4. The number of imidazole rings is 1. The average Bonchev–Trinajstić information content (AvgIpc) is 2.90. The van der Waals surface area contributed by atoms with Crippen LogP contribution >= 0.6 is 11.3 Å². The molecule has 2 aromatic heterocycles. The minimum absolute atomic E-state index is 0.582. The van der Waals surface area contributed by atoms with Crippen LogP contribution in [0.4, 0.5) is 0 Å². The number of aromatic nitrogens is 2. The van der Waals surface area contributed by atoms with E-state index in [0.717, 1.165) is 10.7 Å². The molecular weight excluding hydrogens is 244 g/mol. The average molecular weight is 262 g/mol. The van der Waals surface area contributed by atoms with Crippen LogP contribution in [0, 0.1) is 0 Å². The standard InChI is InChI=1S/C14H18N2OS/c1-16-8-7-15-14(16)13(17)12-9-10-5-3-2-4-6-11(10)18-12/h7-9,13,17H,2-6H2,1H3. The summed E-state index contributed by atoms with van der Waals surface area (Å²) in [5.41, 5.74) is 1.45. The molecule has 0 amide bonds. The number of thiophene rings is 1. The van der Waals surface area contributed by atoms with Gasteiger partial charge < -0.3 is 9.67 Å². The molecule has 3 rings (SSSR count). The molecule has 0 saturated heterocycles. The predicted molar refractivity (Wildman–Crippen MR) is 72.8 cm³/mol. The number of nitrogens with zero attached hydrogens (tertiary/aromatic N) is 2. The summed E-state index contributed by atoms with van der Waals surface area (Å²) < 4.78 is 1.88. The second-order valence-electron chi connectivity index (χ2n) is 4.96. The fourth-order valence-corrected chi connectivity index (χ4v) is 3.83. The van der Waals surface area contributed by atoms with Crippen LogP contribution in [0.25, 0.3) is 0 Å². The molecule has 2 aromatic rings. The second-order valence-corrected chi connectivity index (χ2v) is 6.13. The predicted octanol–water partition coefficient (Wildman–Crippen LogP) is 2.83. The van der Waals surface area contributed by atoms with Gasteiger partial charge in [-0.15, -0.1) is 11.3 Å². The van der Waals surface area contributed by atoms with Gasteiger partial charge in [-0.3, -0.25) is 0 Å². The van der Waals surface area contributed by atoms with Gasteiger partial charge >= 0.3 is 0 Å². The van der Waals surface area contributed by atoms with Crippen LogP contribution in [0.2, 0.25) is 0 Å². The summed E-state index contributed by atoms with van der Waals surface area (Å²) in [5.74, 6) is 0.728. The molecule has 3 nitrogen and oxygen atoms in total. The fourth-order valence-electron chi connectivity index (χ4n) is 2.59. The van der Waals surface area contributed by atoms with Crippen LogP contribution in [0.3, 0.4) is 0 Å². The Balaban J connectivity index is 1.91. The van der Waals surface area contributed by atoms with E-state index in [1.54, 1.807) is 17.5 Å². The maximum absolute atomic E-state index is 10.4. The number of aliphatic hydroxyl groups is 1. The summed E-state index contributed by atoms with van der Waals surface area (Å²) in [5, 5.41) is 10.4. The Labute approximate surface area is 111 Å². The van der Waals surface area contributed by atoms with Crippen molar-refractivity contribution in [1.29, 1.82) is 0 Å². The Morgan fingerprint density at radius 3 is 2.94 bits per heavy atom. The highest BCUT2D eigenvalue weighted by Gasteiger charge is 2.20. The van der Waals surface area contributed by atoms with E-state index in [-0.39, 0.29) is 0 Å². The second kappa shape index (κ2) is 4.86. The Morgan fingerprint density at radius 2 is 2.17 bits per heavy atom. The van der Waals surface area contributed by atoms with Gasteiger partial charge in [0.2, 0.25) is 0 Å². The first-order valence-corrected chi connectivity index (χ1v) is 7.34. The highest BCUT2D eigenvalue weighted by molar-refractivity contribution is 7.12. The van der Waals surface area contributed by atoms with E-state index in [4.69, 9.17) is 0 Å². The van der Waals surface area contributed by atoms with Gasteiger partial charge in [-0.25, -0.2) is 4.98 Å². The van der Waals surface area contributed by atoms with E-state index in [9.17, 15) is 5.11 Å². The molecule has 4 heteroatoms. The minimum atomic E-state index is -0.582. The molecular formula is C14H18N2OS. The van der Waals surface area contributed by atoms with Crippen molar-refractivity contribution in [3.63, 3.8) is 0 Å². The SMILES string of the molecule is Cn1ccnc1C(O)c1cc2c(s1)CCCCC2. The van der Waals surface area contributed by atoms with E-state index < -0.39 is 6.10 Å². The van der Waals surface area contributed by atoms with Gasteiger partial charge in [-0.05, 0) is 37.3 Å². The van der Waals surface area contributed by atoms with Crippen LogP contribution in [-0.2, 0) is 19.9 Å². The molecule has 96 valence electrons. The topological polar surface area (TPSA) is 38.0 Å². The van der Waals surface area contributed by atoms with Gasteiger partial charge in [-0.1, -0.05) is 6.42 Å². The molecule has 1 aliphatic rings. The van der Waals surface area contributed by atoms with Crippen molar-refractivity contribution in [1.82, 2.24) is 9.55 Å². The molecule has 0 spiro atoms. The number of hydrogen-bond donors (Lipinski definition) is 1. The van der Waals surface area contributed by atoms with E-state index in [1.165, 1.54) is 42.5 Å². The fraction of sp³-hybridized carbons (Fsp3) is 0.500. The molecule has 0 saturated carbocycles. The monoisotopic (exact) mass is 262 g/mol. The van der Waals surface area contributed by atoms with E-state index in [2.05, 4.69) is 11.1 Å². The summed E-state index contributed by atoms with van der Waals surface area (Å²) in [4.78, 5) is 6.74. The molecule has 0 aliphatic heterocycles. The molecule has 18 heavy (non-hydrogen) atoms. The first kappa shape index (κ1) is 11.9. The maximum Gasteiger partial charge on any atom is 0.146 e. The van der Waals surface area contributed by atoms with Crippen LogP contribution in [0.15, 0.2) is 18.5 Å². The highest BCUT2D eigenvalue weighted by Crippen LogP contribution is 2.34. The van der Waals surface area contributed by atoms with Crippen molar-refractivity contribution >= 4 is 11.3 Å². The normalized spacial score (nSPS) is 17.2. The Hall–Kier alpha value is -1.13. The largest absolute Gasteiger partial charge is 0.380 e. The third-order valence-corrected chi connectivity index (χ3v) is 4.93. The molecule has 0 bridgehead atoms. The van der Waals surface area contributed by atoms with Gasteiger partial charge in [-0.2, -0.15) is 0 Å². The van der Waals surface area contributed by atoms with E-state index in [1.807, 2.05) is 17.8 Å². The summed E-state index contributed by atoms with van der Waals surface area (Å²) >= 11 is 1.76. The number of aliphatic hydroxyl groups excluding tert-OH is 1. The maximum atomic E-state index is 10.4. The summed E-state index contributed by atoms with van der Waals surface area (Å²) in [6.07, 6.45) is 9.26. The van der Waals surface area contributed by atoms with Gasteiger partial charge in [0.15, 0.2) is 0 Å². The molecule has 1 unspecified atom stereocenters. The van der Waals surface area contributed by atoms with Gasteiger partial charge in [0.05, 0.1) is 0 Å². The van der Waals surface area contributed by atoms with Crippen molar-refractivity contribution in [2.24, 2.45) is 7.05 Å². The third kappa shape index (κ3) is 2.10. The molecule has 0 radical (unpaired) electrons. The zero-order valence-electron chi connectivity index (χ0n) is 10.6. The van der Waals surface area contributed by atoms with Crippen molar-refractivity contribution in [3.8, 4) is 0 Å². The van der Waals surface area contributed by atoms with Crippen LogP contribution < -0.4 is 0 Å². The lowest BCUT2D eigenvalue weighted by molar-refractivity contribution is 0.210. The summed E-state index contributed by atoms with van der Waals surface area (Å²) in [7, 11) is 1.92. The van der Waals surface area contributed by atoms with Crippen LogP contribution in [-0.4, -0.2) is 14.7 Å². The molecule has 2 heterocycles. The van der Waals surface area contributed by atoms with Gasteiger partial charge in [0.25, 0.3) is 0 Å². The van der Waals surface area contributed by atoms with Gasteiger partial charge in [0.1, 0.15) is 11.9 Å². The summed E-state index contributed by atoms with van der Waals surface area (Å²) in [6.45, 7) is 0. The quantitative estimate of drug-likeness (QED) is 0.845. The smallest absolute Gasteiger partial charge is 0.146 e. The lowest BCUT2D eigenvalue weighted by Gasteiger charge is -2.08. The number of aryl methyl sites for hydroxylation is 3. The van der Waals surface area contributed by atoms with Crippen molar-refractivity contribution in [3.05, 3.63) is 39.6 Å². The Morgan fingerprint density at radius 1 is 1.33 bits per heavy atom. The molecule has 0 aromatic carbocycles. The lowest BCUT2D eigenvalue weighted by Crippen LogP contribution is -2.05. The van der Waals surface area contributed by atoms with Crippen molar-refractivity contribution in [2.45, 2.75) is 38.2 Å². The summed E-state index contributed by atoms with van der Waals surface area (Å²) in [6, 6.07) is 2.19. The van der Waals surface area contributed by atoms with Crippen LogP contribution in [0.1, 0.15) is 46.5 Å². The number of hydrogen-bond acceptors (Lipinski definition) is 3. The Kier molecular flexibility index (Phi) is 3.22. The van der Waals surface area contributed by atoms with Gasteiger partial charge in [0, 0.05) is 29.2 Å². The van der Waals surface area contributed by atoms with E-state index in [0.29, 0.717) is 0 Å². The first-order valence-electron chi connectivity index (χ1n) is 6.52. The van der Waals surface area contributed by atoms with E-state index >= 15 is 0 Å². The Bertz CT molecular complexity index is 520. The van der Waals surface area contributed by atoms with Crippen molar-refractivity contribution < 1.29 is 5.11 Å². The lowest BCUT2D eigenvalue weighted by atomic mass is 10.1. The zero-order chi connectivity index (χ0) is 12.5. The highest BCUT2D eigenvalue weighted by atomic mass is 32.1. The molecule has 1 aliphatic carbocycles. The van der Waals surface area contributed by atoms with Crippen molar-refractivity contribution in [2.75, 3.05) is 0 Å². The number of rotatable bonds is 2. The minimum Gasteiger partial charge on any atom is -0.380 e.